The number of carbonyl (C=O) groups excluding carboxylic acids is 1. The standard InChI is InChI=1S/C24H28ClNO2/c1-6-7-15-26(23(27)28-24(3,4)5)22-18-13-9-8-12-17(18)21(25)20-16(2)11-10-14-19(20)22/h8-14H,6-7,15H2,1-5H3. The van der Waals surface area contributed by atoms with Crippen LogP contribution < -0.4 is 4.90 Å². The van der Waals surface area contributed by atoms with E-state index >= 15 is 0 Å². The minimum absolute atomic E-state index is 0.323. The zero-order valence-electron chi connectivity index (χ0n) is 17.3. The minimum Gasteiger partial charge on any atom is -0.443 e. The lowest BCUT2D eigenvalue weighted by Gasteiger charge is -2.30. The minimum atomic E-state index is -0.560. The Labute approximate surface area is 172 Å². The van der Waals surface area contributed by atoms with Gasteiger partial charge < -0.3 is 4.74 Å². The average Bonchev–Trinajstić information content (AvgIpc) is 2.62. The molecule has 0 aliphatic rings. The van der Waals surface area contributed by atoms with Crippen LogP contribution in [0.4, 0.5) is 10.5 Å². The number of carbonyl (C=O) groups is 1. The van der Waals surface area contributed by atoms with E-state index in [1.807, 2.05) is 57.2 Å². The third-order valence-electron chi connectivity index (χ3n) is 4.79. The van der Waals surface area contributed by atoms with Crippen LogP contribution in [-0.2, 0) is 4.74 Å². The average molecular weight is 398 g/mol. The Morgan fingerprint density at radius 2 is 1.68 bits per heavy atom. The lowest BCUT2D eigenvalue weighted by molar-refractivity contribution is 0.0580. The van der Waals surface area contributed by atoms with Crippen molar-refractivity contribution < 1.29 is 9.53 Å². The van der Waals surface area contributed by atoms with Gasteiger partial charge in [-0.25, -0.2) is 4.79 Å². The molecule has 28 heavy (non-hydrogen) atoms. The monoisotopic (exact) mass is 397 g/mol. The topological polar surface area (TPSA) is 29.5 Å². The normalized spacial score (nSPS) is 11.8. The van der Waals surface area contributed by atoms with Gasteiger partial charge in [-0.3, -0.25) is 4.90 Å². The highest BCUT2D eigenvalue weighted by Gasteiger charge is 2.27. The Hall–Kier alpha value is -2.26. The lowest BCUT2D eigenvalue weighted by atomic mass is 9.97. The number of amides is 1. The Morgan fingerprint density at radius 1 is 1.04 bits per heavy atom. The molecule has 0 aliphatic carbocycles. The fourth-order valence-electron chi connectivity index (χ4n) is 3.54. The van der Waals surface area contributed by atoms with E-state index in [0.717, 1.165) is 50.7 Å². The van der Waals surface area contributed by atoms with Gasteiger partial charge in [0.2, 0.25) is 0 Å². The van der Waals surface area contributed by atoms with Gasteiger partial charge in [0.1, 0.15) is 5.60 Å². The fraction of sp³-hybridized carbons (Fsp3) is 0.375. The summed E-state index contributed by atoms with van der Waals surface area (Å²) in [7, 11) is 0. The first-order valence-corrected chi connectivity index (χ1v) is 10.2. The molecule has 0 radical (unpaired) electrons. The highest BCUT2D eigenvalue weighted by Crippen LogP contribution is 2.42. The Morgan fingerprint density at radius 3 is 2.32 bits per heavy atom. The van der Waals surface area contributed by atoms with E-state index in [0.29, 0.717) is 6.54 Å². The van der Waals surface area contributed by atoms with Crippen LogP contribution in [0.2, 0.25) is 5.02 Å². The van der Waals surface area contributed by atoms with E-state index in [-0.39, 0.29) is 6.09 Å². The summed E-state index contributed by atoms with van der Waals surface area (Å²) in [4.78, 5) is 15.0. The molecule has 3 aromatic carbocycles. The molecule has 4 heteroatoms. The first-order chi connectivity index (χ1) is 13.2. The van der Waals surface area contributed by atoms with Crippen LogP contribution >= 0.6 is 11.6 Å². The van der Waals surface area contributed by atoms with Gasteiger partial charge in [-0.1, -0.05) is 67.4 Å². The molecule has 3 rings (SSSR count). The third kappa shape index (κ3) is 3.95. The van der Waals surface area contributed by atoms with Gasteiger partial charge in [0.25, 0.3) is 0 Å². The van der Waals surface area contributed by atoms with Gasteiger partial charge >= 0.3 is 6.09 Å². The van der Waals surface area contributed by atoms with E-state index < -0.39 is 5.60 Å². The van der Waals surface area contributed by atoms with Crippen LogP contribution in [-0.4, -0.2) is 18.2 Å². The number of aryl methyl sites for hydroxylation is 1. The number of ether oxygens (including phenoxy) is 1. The van der Waals surface area contributed by atoms with E-state index in [1.165, 1.54) is 0 Å². The molecule has 0 aliphatic heterocycles. The number of fused-ring (bicyclic) bond motifs is 2. The van der Waals surface area contributed by atoms with Gasteiger partial charge in [0, 0.05) is 28.1 Å². The molecule has 148 valence electrons. The first-order valence-electron chi connectivity index (χ1n) is 9.84. The van der Waals surface area contributed by atoms with Crippen LogP contribution in [0.5, 0.6) is 0 Å². The molecule has 0 fully saturated rings. The second-order valence-electron chi connectivity index (χ2n) is 8.19. The number of anilines is 1. The summed E-state index contributed by atoms with van der Waals surface area (Å²) in [6, 6.07) is 14.1. The molecule has 0 unspecified atom stereocenters. The number of benzene rings is 3. The summed E-state index contributed by atoms with van der Waals surface area (Å²) in [5.41, 5.74) is 1.41. The van der Waals surface area contributed by atoms with Crippen molar-refractivity contribution in [3.05, 3.63) is 53.1 Å². The molecule has 0 bridgehead atoms. The summed E-state index contributed by atoms with van der Waals surface area (Å²) in [6.45, 7) is 10.5. The zero-order chi connectivity index (χ0) is 20.5. The maximum Gasteiger partial charge on any atom is 0.414 e. The van der Waals surface area contributed by atoms with Gasteiger partial charge in [0.15, 0.2) is 0 Å². The summed E-state index contributed by atoms with van der Waals surface area (Å²) in [6.07, 6.45) is 1.56. The highest BCUT2D eigenvalue weighted by molar-refractivity contribution is 6.42. The molecule has 1 amide bonds. The second kappa shape index (κ2) is 8.00. The van der Waals surface area contributed by atoms with E-state index in [9.17, 15) is 4.79 Å². The molecule has 0 spiro atoms. The Balaban J connectivity index is 2.34. The van der Waals surface area contributed by atoms with Crippen molar-refractivity contribution in [2.75, 3.05) is 11.4 Å². The van der Waals surface area contributed by atoms with E-state index in [1.54, 1.807) is 4.90 Å². The van der Waals surface area contributed by atoms with E-state index in [4.69, 9.17) is 16.3 Å². The van der Waals surface area contributed by atoms with Gasteiger partial charge in [-0.15, -0.1) is 0 Å². The van der Waals surface area contributed by atoms with Crippen LogP contribution in [0.1, 0.15) is 46.1 Å². The zero-order valence-corrected chi connectivity index (χ0v) is 18.1. The second-order valence-corrected chi connectivity index (χ2v) is 8.57. The molecule has 0 aromatic heterocycles. The molecule has 0 N–H and O–H groups in total. The maximum absolute atomic E-state index is 13.2. The number of nitrogens with zero attached hydrogens (tertiary/aromatic N) is 1. The fourth-order valence-corrected chi connectivity index (χ4v) is 3.95. The smallest absolute Gasteiger partial charge is 0.414 e. The molecule has 0 saturated carbocycles. The molecular weight excluding hydrogens is 370 g/mol. The maximum atomic E-state index is 13.2. The van der Waals surface area contributed by atoms with Crippen molar-refractivity contribution in [3.63, 3.8) is 0 Å². The number of halogens is 1. The van der Waals surface area contributed by atoms with Crippen molar-refractivity contribution in [2.24, 2.45) is 0 Å². The summed E-state index contributed by atoms with van der Waals surface area (Å²) >= 11 is 6.81. The molecular formula is C24H28ClNO2. The lowest BCUT2D eigenvalue weighted by Crippen LogP contribution is -2.37. The predicted molar refractivity (Wildman–Crippen MR) is 120 cm³/mol. The number of unbranched alkanes of at least 4 members (excludes halogenated alkanes) is 1. The van der Waals surface area contributed by atoms with Gasteiger partial charge in [0.05, 0.1) is 10.7 Å². The number of hydrogen-bond donors (Lipinski definition) is 0. The number of hydrogen-bond acceptors (Lipinski definition) is 2. The predicted octanol–water partition coefficient (Wildman–Crippen LogP) is 7.50. The highest BCUT2D eigenvalue weighted by atomic mass is 35.5. The summed E-state index contributed by atoms with van der Waals surface area (Å²) in [5.74, 6) is 0. The van der Waals surface area contributed by atoms with Crippen LogP contribution in [0.25, 0.3) is 21.5 Å². The quantitative estimate of drug-likeness (QED) is 0.426. The van der Waals surface area contributed by atoms with Crippen LogP contribution in [0, 0.1) is 6.92 Å². The largest absolute Gasteiger partial charge is 0.443 e. The molecule has 3 nitrogen and oxygen atoms in total. The molecule has 0 atom stereocenters. The summed E-state index contributed by atoms with van der Waals surface area (Å²) in [5, 5.41) is 4.61. The molecule has 0 heterocycles. The van der Waals surface area contributed by atoms with Crippen molar-refractivity contribution in [3.8, 4) is 0 Å². The van der Waals surface area contributed by atoms with Crippen molar-refractivity contribution in [1.29, 1.82) is 0 Å². The van der Waals surface area contributed by atoms with E-state index in [2.05, 4.69) is 19.9 Å². The SMILES string of the molecule is CCCCN(C(=O)OC(C)(C)C)c1c2ccccc2c(Cl)c2c(C)cccc12. The van der Waals surface area contributed by atoms with Crippen LogP contribution in [0.3, 0.4) is 0 Å². The van der Waals surface area contributed by atoms with Gasteiger partial charge in [-0.2, -0.15) is 0 Å². The molecule has 3 aromatic rings. The van der Waals surface area contributed by atoms with Crippen molar-refractivity contribution >= 4 is 44.9 Å². The molecule has 0 saturated heterocycles. The third-order valence-corrected chi connectivity index (χ3v) is 5.18. The van der Waals surface area contributed by atoms with Crippen molar-refractivity contribution in [2.45, 2.75) is 53.1 Å². The van der Waals surface area contributed by atoms with Gasteiger partial charge in [-0.05, 0) is 39.7 Å². The Bertz CT molecular complexity index is 1020. The number of rotatable bonds is 4. The van der Waals surface area contributed by atoms with Crippen molar-refractivity contribution in [1.82, 2.24) is 0 Å². The van der Waals surface area contributed by atoms with Crippen LogP contribution in [0.15, 0.2) is 42.5 Å². The first kappa shape index (κ1) is 20.5. The summed E-state index contributed by atoms with van der Waals surface area (Å²) < 4.78 is 5.76. The Kier molecular flexibility index (Phi) is 5.85.